The van der Waals surface area contributed by atoms with Crippen LogP contribution in [0.4, 0.5) is 5.69 Å². The van der Waals surface area contributed by atoms with Gasteiger partial charge in [-0.15, -0.1) is 0 Å². The first kappa shape index (κ1) is 20.0. The SMILES string of the molecule is CCc1cccc(-c2cnc3c(c2)N(C(=O)CNCc2ccccc2)C(C)C3=O)c1. The van der Waals surface area contributed by atoms with Crippen molar-refractivity contribution in [2.45, 2.75) is 32.9 Å². The third-order valence-corrected chi connectivity index (χ3v) is 5.51. The van der Waals surface area contributed by atoms with E-state index >= 15 is 0 Å². The van der Waals surface area contributed by atoms with Gasteiger partial charge in [0.2, 0.25) is 11.7 Å². The van der Waals surface area contributed by atoms with Crippen molar-refractivity contribution in [3.8, 4) is 11.1 Å². The highest BCUT2D eigenvalue weighted by Gasteiger charge is 2.39. The number of aryl methyl sites for hydroxylation is 1. The van der Waals surface area contributed by atoms with Crippen LogP contribution in [-0.2, 0) is 17.8 Å². The molecule has 0 fully saturated rings. The number of pyridine rings is 1. The van der Waals surface area contributed by atoms with Crippen LogP contribution in [0.2, 0.25) is 0 Å². The van der Waals surface area contributed by atoms with Crippen molar-refractivity contribution in [1.82, 2.24) is 10.3 Å². The molecule has 0 aliphatic carbocycles. The van der Waals surface area contributed by atoms with E-state index in [0.717, 1.165) is 23.1 Å². The van der Waals surface area contributed by atoms with Gasteiger partial charge in [-0.2, -0.15) is 0 Å². The van der Waals surface area contributed by atoms with Crippen LogP contribution in [0.15, 0.2) is 66.9 Å². The average Bonchev–Trinajstić information content (AvgIpc) is 3.04. The van der Waals surface area contributed by atoms with Crippen molar-refractivity contribution < 1.29 is 9.59 Å². The summed E-state index contributed by atoms with van der Waals surface area (Å²) in [5, 5.41) is 3.18. The second-order valence-electron chi connectivity index (χ2n) is 7.54. The molecule has 5 heteroatoms. The van der Waals surface area contributed by atoms with E-state index in [4.69, 9.17) is 0 Å². The number of hydrogen-bond donors (Lipinski definition) is 1. The Morgan fingerprint density at radius 3 is 2.57 bits per heavy atom. The van der Waals surface area contributed by atoms with Gasteiger partial charge in [-0.05, 0) is 36.1 Å². The van der Waals surface area contributed by atoms with Gasteiger partial charge in [0.1, 0.15) is 5.69 Å². The Labute approximate surface area is 176 Å². The fourth-order valence-electron chi connectivity index (χ4n) is 3.82. The van der Waals surface area contributed by atoms with Crippen molar-refractivity contribution in [1.29, 1.82) is 0 Å². The summed E-state index contributed by atoms with van der Waals surface area (Å²) < 4.78 is 0. The molecule has 3 aromatic rings. The lowest BCUT2D eigenvalue weighted by Crippen LogP contribution is -2.42. The number of carbonyl (C=O) groups is 2. The van der Waals surface area contributed by atoms with Gasteiger partial charge in [0, 0.05) is 18.3 Å². The van der Waals surface area contributed by atoms with E-state index in [0.29, 0.717) is 17.9 Å². The van der Waals surface area contributed by atoms with E-state index in [1.54, 1.807) is 18.0 Å². The highest BCUT2D eigenvalue weighted by Crippen LogP contribution is 2.34. The lowest BCUT2D eigenvalue weighted by Gasteiger charge is -2.22. The molecule has 0 bridgehead atoms. The van der Waals surface area contributed by atoms with Crippen LogP contribution in [-0.4, -0.2) is 29.3 Å². The van der Waals surface area contributed by atoms with Crippen LogP contribution in [0.3, 0.4) is 0 Å². The molecule has 4 rings (SSSR count). The lowest BCUT2D eigenvalue weighted by atomic mass is 10.0. The van der Waals surface area contributed by atoms with Crippen LogP contribution in [0.1, 0.15) is 35.5 Å². The minimum absolute atomic E-state index is 0.115. The molecule has 30 heavy (non-hydrogen) atoms. The largest absolute Gasteiger partial charge is 0.304 e. The predicted molar refractivity (Wildman–Crippen MR) is 118 cm³/mol. The molecule has 2 aromatic carbocycles. The minimum Gasteiger partial charge on any atom is -0.304 e. The van der Waals surface area contributed by atoms with Gasteiger partial charge in [-0.3, -0.25) is 19.5 Å². The molecule has 1 N–H and O–H groups in total. The molecule has 5 nitrogen and oxygen atoms in total. The third kappa shape index (κ3) is 3.89. The summed E-state index contributed by atoms with van der Waals surface area (Å²) in [5.41, 5.74) is 5.24. The molecule has 0 saturated carbocycles. The Morgan fingerprint density at radius 2 is 1.80 bits per heavy atom. The van der Waals surface area contributed by atoms with Gasteiger partial charge in [0.25, 0.3) is 0 Å². The first-order chi connectivity index (χ1) is 14.6. The van der Waals surface area contributed by atoms with Gasteiger partial charge in [-0.25, -0.2) is 0 Å². The standard InChI is InChI=1S/C25H25N3O2/c1-3-18-10-7-11-20(12-18)21-13-22-24(27-15-21)25(30)17(2)28(22)23(29)16-26-14-19-8-5-4-6-9-19/h4-13,15,17,26H,3,14,16H2,1-2H3. The number of nitrogens with one attached hydrogen (secondary N) is 1. The van der Waals surface area contributed by atoms with Crippen molar-refractivity contribution >= 4 is 17.4 Å². The van der Waals surface area contributed by atoms with Gasteiger partial charge in [0.15, 0.2) is 0 Å². The molecule has 0 radical (unpaired) electrons. The molecule has 152 valence electrons. The minimum atomic E-state index is -0.546. The fraction of sp³-hybridized carbons (Fsp3) is 0.240. The molecular weight excluding hydrogens is 374 g/mol. The van der Waals surface area contributed by atoms with E-state index in [-0.39, 0.29) is 18.2 Å². The maximum absolute atomic E-state index is 13.0. The number of anilines is 1. The fourth-order valence-corrected chi connectivity index (χ4v) is 3.82. The molecule has 0 spiro atoms. The molecule has 2 heterocycles. The number of hydrogen-bond acceptors (Lipinski definition) is 4. The van der Waals surface area contributed by atoms with Crippen LogP contribution < -0.4 is 10.2 Å². The Bertz CT molecular complexity index is 1080. The zero-order valence-corrected chi connectivity index (χ0v) is 17.3. The van der Waals surface area contributed by atoms with Crippen LogP contribution in [0, 0.1) is 0 Å². The Morgan fingerprint density at radius 1 is 1.03 bits per heavy atom. The number of rotatable bonds is 6. The summed E-state index contributed by atoms with van der Waals surface area (Å²) in [7, 11) is 0. The maximum atomic E-state index is 13.0. The highest BCUT2D eigenvalue weighted by molar-refractivity contribution is 6.17. The van der Waals surface area contributed by atoms with E-state index < -0.39 is 6.04 Å². The Balaban J connectivity index is 1.56. The summed E-state index contributed by atoms with van der Waals surface area (Å²) in [5.74, 6) is -0.248. The molecule has 1 atom stereocenters. The topological polar surface area (TPSA) is 62.3 Å². The normalized spacial score (nSPS) is 15.3. The first-order valence-corrected chi connectivity index (χ1v) is 10.3. The van der Waals surface area contributed by atoms with Gasteiger partial charge in [0.05, 0.1) is 18.3 Å². The quantitative estimate of drug-likeness (QED) is 0.680. The van der Waals surface area contributed by atoms with E-state index in [1.807, 2.05) is 48.5 Å². The molecule has 1 unspecified atom stereocenters. The average molecular weight is 399 g/mol. The number of aromatic nitrogens is 1. The van der Waals surface area contributed by atoms with Crippen molar-refractivity contribution in [3.05, 3.63) is 83.7 Å². The number of nitrogens with zero attached hydrogens (tertiary/aromatic N) is 2. The number of Topliss-reactive ketones (excluding diaryl/α,β-unsaturated/α-hetero) is 1. The first-order valence-electron chi connectivity index (χ1n) is 10.3. The summed E-state index contributed by atoms with van der Waals surface area (Å²) in [6, 6.07) is 19.5. The zero-order valence-electron chi connectivity index (χ0n) is 17.3. The smallest absolute Gasteiger partial charge is 0.241 e. The van der Waals surface area contributed by atoms with Crippen molar-refractivity contribution in [3.63, 3.8) is 0 Å². The third-order valence-electron chi connectivity index (χ3n) is 5.51. The van der Waals surface area contributed by atoms with Crippen LogP contribution in [0.25, 0.3) is 11.1 Å². The van der Waals surface area contributed by atoms with E-state index in [1.165, 1.54) is 5.56 Å². The Hall–Kier alpha value is -3.31. The monoisotopic (exact) mass is 399 g/mol. The molecule has 1 amide bonds. The molecule has 1 aromatic heterocycles. The van der Waals surface area contributed by atoms with E-state index in [2.05, 4.69) is 29.4 Å². The molecule has 1 aliphatic heterocycles. The van der Waals surface area contributed by atoms with Crippen LogP contribution in [0.5, 0.6) is 0 Å². The van der Waals surface area contributed by atoms with Gasteiger partial charge < -0.3 is 5.32 Å². The molecule has 0 saturated heterocycles. The second-order valence-corrected chi connectivity index (χ2v) is 7.54. The Kier molecular flexibility index (Phi) is 5.72. The van der Waals surface area contributed by atoms with Crippen LogP contribution >= 0.6 is 0 Å². The number of amides is 1. The zero-order chi connectivity index (χ0) is 21.1. The summed E-state index contributed by atoms with van der Waals surface area (Å²) >= 11 is 0. The summed E-state index contributed by atoms with van der Waals surface area (Å²) in [4.78, 5) is 31.7. The summed E-state index contributed by atoms with van der Waals surface area (Å²) in [6.45, 7) is 4.62. The number of ketones is 1. The molecule has 1 aliphatic rings. The van der Waals surface area contributed by atoms with Crippen molar-refractivity contribution in [2.75, 3.05) is 11.4 Å². The van der Waals surface area contributed by atoms with Gasteiger partial charge in [-0.1, -0.05) is 61.5 Å². The summed E-state index contributed by atoms with van der Waals surface area (Å²) in [6.07, 6.45) is 2.67. The number of benzene rings is 2. The maximum Gasteiger partial charge on any atom is 0.241 e. The number of fused-ring (bicyclic) bond motifs is 1. The second kappa shape index (κ2) is 8.59. The highest BCUT2D eigenvalue weighted by atomic mass is 16.2. The predicted octanol–water partition coefficient (Wildman–Crippen LogP) is 4.02. The van der Waals surface area contributed by atoms with E-state index in [9.17, 15) is 9.59 Å². The molecular formula is C25H25N3O2. The lowest BCUT2D eigenvalue weighted by molar-refractivity contribution is -0.118. The van der Waals surface area contributed by atoms with Gasteiger partial charge >= 0.3 is 0 Å². The number of carbonyl (C=O) groups excluding carboxylic acids is 2. The van der Waals surface area contributed by atoms with Crippen molar-refractivity contribution in [2.24, 2.45) is 0 Å².